The fourth-order valence-electron chi connectivity index (χ4n) is 2.90. The number of ether oxygens (including phenoxy) is 2. The van der Waals surface area contributed by atoms with Gasteiger partial charge in [-0.15, -0.1) is 0 Å². The molecule has 5 atom stereocenters. The number of carbonyl (C=O) groups excluding carboxylic acids is 2. The van der Waals surface area contributed by atoms with E-state index < -0.39 is 43.8 Å². The van der Waals surface area contributed by atoms with Crippen molar-refractivity contribution in [2.24, 2.45) is 11.8 Å². The highest BCUT2D eigenvalue weighted by Gasteiger charge is 2.36. The van der Waals surface area contributed by atoms with Crippen molar-refractivity contribution in [3.63, 3.8) is 0 Å². The Kier molecular flexibility index (Phi) is 9.62. The topological polar surface area (TPSA) is 129 Å². The van der Waals surface area contributed by atoms with Crippen molar-refractivity contribution in [2.75, 3.05) is 27.0 Å². The highest BCUT2D eigenvalue weighted by Crippen LogP contribution is 2.48. The summed E-state index contributed by atoms with van der Waals surface area (Å²) in [6.45, 7) is 4.58. The number of aliphatic hydroxyl groups is 2. The monoisotopic (exact) mass is 408 g/mol. The summed E-state index contributed by atoms with van der Waals surface area (Å²) in [6, 6.07) is 0. The van der Waals surface area contributed by atoms with Crippen LogP contribution in [0, 0.1) is 11.8 Å². The van der Waals surface area contributed by atoms with Gasteiger partial charge in [-0.2, -0.15) is 0 Å². The van der Waals surface area contributed by atoms with Crippen LogP contribution in [0.3, 0.4) is 0 Å². The maximum Gasteiger partial charge on any atom is 0.331 e. The van der Waals surface area contributed by atoms with Gasteiger partial charge in [-0.05, 0) is 25.2 Å². The van der Waals surface area contributed by atoms with Gasteiger partial charge in [0.2, 0.25) is 0 Å². The molecule has 0 bridgehead atoms. The smallest absolute Gasteiger partial charge is 0.331 e. The van der Waals surface area contributed by atoms with Crippen LogP contribution < -0.4 is 0 Å². The fourth-order valence-corrected chi connectivity index (χ4v) is 4.16. The van der Waals surface area contributed by atoms with Crippen molar-refractivity contribution in [3.8, 4) is 0 Å². The highest BCUT2D eigenvalue weighted by molar-refractivity contribution is 7.53. The largest absolute Gasteiger partial charge is 0.463 e. The molecule has 0 aromatic carbocycles. The van der Waals surface area contributed by atoms with E-state index >= 15 is 0 Å². The van der Waals surface area contributed by atoms with Crippen LogP contribution in [0.2, 0.25) is 0 Å². The molecule has 156 valence electrons. The molecule has 9 nitrogen and oxygen atoms in total. The normalized spacial score (nSPS) is 25.3. The predicted molar refractivity (Wildman–Crippen MR) is 96.0 cm³/mol. The first kappa shape index (κ1) is 23.8. The third-order valence-corrected chi connectivity index (χ3v) is 6.74. The lowest BCUT2D eigenvalue weighted by Crippen LogP contribution is -2.42. The number of rotatable bonds is 10. The minimum atomic E-state index is -3.34. The van der Waals surface area contributed by atoms with Crippen molar-refractivity contribution < 1.29 is 42.9 Å². The molecule has 1 saturated carbocycles. The zero-order chi connectivity index (χ0) is 20.6. The Morgan fingerprint density at radius 1 is 1.30 bits per heavy atom. The maximum atomic E-state index is 12.1. The second-order valence-corrected chi connectivity index (χ2v) is 8.89. The van der Waals surface area contributed by atoms with E-state index in [1.165, 1.54) is 21.1 Å². The Bertz CT molecular complexity index is 557. The molecule has 1 aliphatic carbocycles. The maximum absolute atomic E-state index is 12.1. The van der Waals surface area contributed by atoms with E-state index in [1.807, 2.05) is 0 Å². The van der Waals surface area contributed by atoms with E-state index in [0.29, 0.717) is 12.8 Å². The lowest BCUT2D eigenvalue weighted by molar-refractivity contribution is -0.158. The van der Waals surface area contributed by atoms with Gasteiger partial charge in [-0.3, -0.25) is 9.36 Å². The van der Waals surface area contributed by atoms with Crippen LogP contribution in [0.1, 0.15) is 26.2 Å². The quantitative estimate of drug-likeness (QED) is 0.312. The number of hydrogen-bond donors (Lipinski definition) is 2. The summed E-state index contributed by atoms with van der Waals surface area (Å²) in [5.74, 6) is -2.32. The van der Waals surface area contributed by atoms with Crippen LogP contribution in [-0.4, -0.2) is 67.5 Å². The van der Waals surface area contributed by atoms with E-state index in [1.54, 1.807) is 0 Å². The van der Waals surface area contributed by atoms with E-state index in [0.717, 1.165) is 6.08 Å². The lowest BCUT2D eigenvalue weighted by atomic mass is 9.82. The molecular weight excluding hydrogens is 379 g/mol. The van der Waals surface area contributed by atoms with Crippen LogP contribution in [0.15, 0.2) is 12.7 Å². The average molecular weight is 408 g/mol. The molecule has 2 N–H and O–H groups in total. The summed E-state index contributed by atoms with van der Waals surface area (Å²) >= 11 is 0. The Labute approximate surface area is 159 Å². The number of aliphatic hydroxyl groups excluding tert-OH is 2. The summed E-state index contributed by atoms with van der Waals surface area (Å²) in [6.07, 6.45) is -0.553. The third kappa shape index (κ3) is 7.35. The first-order valence-electron chi connectivity index (χ1n) is 8.72. The second kappa shape index (κ2) is 10.9. The molecule has 0 aromatic heterocycles. The summed E-state index contributed by atoms with van der Waals surface area (Å²) in [7, 11) is -0.874. The van der Waals surface area contributed by atoms with Crippen molar-refractivity contribution >= 4 is 19.5 Å². The predicted octanol–water partition coefficient (Wildman–Crippen LogP) is 1.27. The molecule has 0 aromatic rings. The summed E-state index contributed by atoms with van der Waals surface area (Å²) < 4.78 is 31.8. The third-order valence-electron chi connectivity index (χ3n) is 4.63. The van der Waals surface area contributed by atoms with Gasteiger partial charge in [0, 0.05) is 20.3 Å². The fraction of sp³-hybridized carbons (Fsp3) is 0.765. The lowest BCUT2D eigenvalue weighted by Gasteiger charge is -2.34. The number of carbonyl (C=O) groups is 2. The minimum Gasteiger partial charge on any atom is -0.463 e. The van der Waals surface area contributed by atoms with Gasteiger partial charge in [-0.25, -0.2) is 4.79 Å². The second-order valence-electron chi connectivity index (χ2n) is 6.58. The summed E-state index contributed by atoms with van der Waals surface area (Å²) in [5, 5.41) is 20.2. The van der Waals surface area contributed by atoms with Gasteiger partial charge >= 0.3 is 19.5 Å². The van der Waals surface area contributed by atoms with Gasteiger partial charge < -0.3 is 28.7 Å². The van der Waals surface area contributed by atoms with E-state index in [9.17, 15) is 24.4 Å². The van der Waals surface area contributed by atoms with Crippen molar-refractivity contribution in [1.29, 1.82) is 0 Å². The molecule has 0 saturated heterocycles. The van der Waals surface area contributed by atoms with Gasteiger partial charge in [0.05, 0.1) is 24.3 Å². The Morgan fingerprint density at radius 2 is 1.93 bits per heavy atom. The molecule has 0 radical (unpaired) electrons. The SMILES string of the molecule is C=CC(=O)OC1CC(C(O)COC(=O)C(C)CP(=O)(OC)OC)CCC1O. The summed E-state index contributed by atoms with van der Waals surface area (Å²) in [4.78, 5) is 23.4. The molecule has 10 heteroatoms. The molecule has 1 rings (SSSR count). The molecule has 0 aliphatic heterocycles. The van der Waals surface area contributed by atoms with Crippen LogP contribution in [-0.2, 0) is 32.7 Å². The molecule has 27 heavy (non-hydrogen) atoms. The van der Waals surface area contributed by atoms with Gasteiger partial charge in [0.1, 0.15) is 12.7 Å². The highest BCUT2D eigenvalue weighted by atomic mass is 31.2. The first-order valence-corrected chi connectivity index (χ1v) is 10.4. The van der Waals surface area contributed by atoms with Crippen LogP contribution in [0.4, 0.5) is 0 Å². The first-order chi connectivity index (χ1) is 12.7. The zero-order valence-corrected chi connectivity index (χ0v) is 16.8. The Balaban J connectivity index is 2.52. The van der Waals surface area contributed by atoms with Crippen molar-refractivity contribution in [3.05, 3.63) is 12.7 Å². The van der Waals surface area contributed by atoms with Crippen molar-refractivity contribution in [1.82, 2.24) is 0 Å². The number of hydrogen-bond acceptors (Lipinski definition) is 9. The van der Waals surface area contributed by atoms with Crippen LogP contribution >= 0.6 is 7.60 Å². The average Bonchev–Trinajstić information content (AvgIpc) is 2.66. The van der Waals surface area contributed by atoms with Gasteiger partial charge in [0.15, 0.2) is 0 Å². The van der Waals surface area contributed by atoms with Gasteiger partial charge in [0.25, 0.3) is 0 Å². The van der Waals surface area contributed by atoms with Crippen LogP contribution in [0.25, 0.3) is 0 Å². The standard InChI is InChI=1S/C17H29O9P/c1-5-16(20)26-15-8-12(6-7-13(15)18)14(19)9-25-17(21)11(2)10-27(22,23-3)24-4/h5,11-15,18-19H,1,6-10H2,2-4H3. The van der Waals surface area contributed by atoms with E-state index in [4.69, 9.17) is 18.5 Å². The molecule has 0 amide bonds. The van der Waals surface area contributed by atoms with E-state index in [2.05, 4.69) is 6.58 Å². The van der Waals surface area contributed by atoms with Gasteiger partial charge in [-0.1, -0.05) is 13.5 Å². The number of esters is 2. The summed E-state index contributed by atoms with van der Waals surface area (Å²) in [5.41, 5.74) is 0. The Hall–Kier alpha value is -1.25. The molecule has 0 spiro atoms. The molecule has 0 heterocycles. The molecule has 5 unspecified atom stereocenters. The van der Waals surface area contributed by atoms with E-state index in [-0.39, 0.29) is 25.1 Å². The zero-order valence-electron chi connectivity index (χ0n) is 15.9. The van der Waals surface area contributed by atoms with Crippen LogP contribution in [0.5, 0.6) is 0 Å². The van der Waals surface area contributed by atoms with Crippen molar-refractivity contribution in [2.45, 2.75) is 44.5 Å². The molecule has 1 aliphatic rings. The minimum absolute atomic E-state index is 0.135. The Morgan fingerprint density at radius 3 is 2.48 bits per heavy atom. The molecular formula is C17H29O9P. The molecule has 1 fully saturated rings.